The quantitative estimate of drug-likeness (QED) is 0.672. The Balaban J connectivity index is 2.16. The van der Waals surface area contributed by atoms with Gasteiger partial charge in [0.05, 0.1) is 4.92 Å². The number of benzene rings is 1. The molecule has 0 spiro atoms. The number of nitro benzene ring substituents is 1. The van der Waals surface area contributed by atoms with Crippen molar-refractivity contribution in [2.24, 2.45) is 0 Å². The SMILES string of the molecule is Cc1cc(NC(C)c2ccncc2)ccc1[N+](=O)[O-]. The number of rotatable bonds is 4. The zero-order valence-corrected chi connectivity index (χ0v) is 10.8. The van der Waals surface area contributed by atoms with Crippen LogP contribution in [0, 0.1) is 17.0 Å². The summed E-state index contributed by atoms with van der Waals surface area (Å²) < 4.78 is 0. The van der Waals surface area contributed by atoms with Gasteiger partial charge < -0.3 is 5.32 Å². The number of nitrogens with one attached hydrogen (secondary N) is 1. The summed E-state index contributed by atoms with van der Waals surface area (Å²) in [4.78, 5) is 14.4. The number of aryl methyl sites for hydroxylation is 1. The molecule has 0 saturated heterocycles. The van der Waals surface area contributed by atoms with E-state index in [2.05, 4.69) is 10.3 Å². The lowest BCUT2D eigenvalue weighted by molar-refractivity contribution is -0.385. The van der Waals surface area contributed by atoms with E-state index in [-0.39, 0.29) is 16.7 Å². The first-order valence-corrected chi connectivity index (χ1v) is 5.99. The van der Waals surface area contributed by atoms with E-state index >= 15 is 0 Å². The minimum Gasteiger partial charge on any atom is -0.379 e. The lowest BCUT2D eigenvalue weighted by atomic mass is 10.1. The van der Waals surface area contributed by atoms with E-state index in [9.17, 15) is 10.1 Å². The van der Waals surface area contributed by atoms with Crippen molar-refractivity contribution in [2.45, 2.75) is 19.9 Å². The van der Waals surface area contributed by atoms with E-state index < -0.39 is 0 Å². The molecule has 0 bridgehead atoms. The number of pyridine rings is 1. The minimum atomic E-state index is -0.370. The Hall–Kier alpha value is -2.43. The van der Waals surface area contributed by atoms with Gasteiger partial charge in [0.1, 0.15) is 0 Å². The van der Waals surface area contributed by atoms with Gasteiger partial charge in [-0.1, -0.05) is 0 Å². The molecular formula is C14H15N3O2. The van der Waals surface area contributed by atoms with Crippen molar-refractivity contribution >= 4 is 11.4 Å². The summed E-state index contributed by atoms with van der Waals surface area (Å²) in [7, 11) is 0. The number of hydrogen-bond donors (Lipinski definition) is 1. The highest BCUT2D eigenvalue weighted by molar-refractivity contribution is 5.54. The van der Waals surface area contributed by atoms with Gasteiger partial charge >= 0.3 is 0 Å². The zero-order chi connectivity index (χ0) is 13.8. The maximum absolute atomic E-state index is 10.8. The van der Waals surface area contributed by atoms with Gasteiger partial charge in [-0.05, 0) is 43.7 Å². The molecular weight excluding hydrogens is 242 g/mol. The average Bonchev–Trinajstić information content (AvgIpc) is 2.39. The monoisotopic (exact) mass is 257 g/mol. The topological polar surface area (TPSA) is 68.1 Å². The number of hydrogen-bond acceptors (Lipinski definition) is 4. The normalized spacial score (nSPS) is 11.9. The van der Waals surface area contributed by atoms with E-state index in [1.54, 1.807) is 31.5 Å². The third-order valence-electron chi connectivity index (χ3n) is 2.98. The van der Waals surface area contributed by atoms with Gasteiger partial charge in [-0.25, -0.2) is 0 Å². The van der Waals surface area contributed by atoms with Crippen LogP contribution in [-0.2, 0) is 0 Å². The van der Waals surface area contributed by atoms with E-state index in [0.717, 1.165) is 11.3 Å². The molecule has 1 aromatic carbocycles. The van der Waals surface area contributed by atoms with Crippen molar-refractivity contribution in [3.63, 3.8) is 0 Å². The Labute approximate surface area is 111 Å². The number of nitro groups is 1. The first-order valence-electron chi connectivity index (χ1n) is 5.99. The van der Waals surface area contributed by atoms with Crippen LogP contribution in [0.25, 0.3) is 0 Å². The second-order valence-electron chi connectivity index (χ2n) is 4.40. The van der Waals surface area contributed by atoms with Crippen molar-refractivity contribution in [1.29, 1.82) is 0 Å². The number of nitrogens with zero attached hydrogens (tertiary/aromatic N) is 2. The van der Waals surface area contributed by atoms with Gasteiger partial charge in [-0.2, -0.15) is 0 Å². The van der Waals surface area contributed by atoms with Crippen LogP contribution >= 0.6 is 0 Å². The van der Waals surface area contributed by atoms with Gasteiger partial charge in [0.15, 0.2) is 0 Å². The fraction of sp³-hybridized carbons (Fsp3) is 0.214. The molecule has 0 saturated carbocycles. The molecule has 0 aliphatic carbocycles. The lowest BCUT2D eigenvalue weighted by Gasteiger charge is -2.15. The molecule has 0 aliphatic heterocycles. The summed E-state index contributed by atoms with van der Waals surface area (Å²) in [6.45, 7) is 3.77. The number of aromatic nitrogens is 1. The molecule has 1 atom stereocenters. The van der Waals surface area contributed by atoms with Gasteiger partial charge in [-0.3, -0.25) is 15.1 Å². The van der Waals surface area contributed by atoms with E-state index in [1.165, 1.54) is 6.07 Å². The summed E-state index contributed by atoms with van der Waals surface area (Å²) in [5.74, 6) is 0. The lowest BCUT2D eigenvalue weighted by Crippen LogP contribution is -2.07. The summed E-state index contributed by atoms with van der Waals surface area (Å²) >= 11 is 0. The Morgan fingerprint density at radius 2 is 1.95 bits per heavy atom. The molecule has 5 heteroatoms. The average molecular weight is 257 g/mol. The third-order valence-corrected chi connectivity index (χ3v) is 2.98. The van der Waals surface area contributed by atoms with Gasteiger partial charge in [0.2, 0.25) is 0 Å². The maximum atomic E-state index is 10.8. The summed E-state index contributed by atoms with van der Waals surface area (Å²) in [6, 6.07) is 9.03. The standard InChI is InChI=1S/C14H15N3O2/c1-10-9-13(3-4-14(10)17(18)19)16-11(2)12-5-7-15-8-6-12/h3-9,11,16H,1-2H3. The van der Waals surface area contributed by atoms with Crippen LogP contribution in [0.2, 0.25) is 0 Å². The van der Waals surface area contributed by atoms with Crippen LogP contribution in [-0.4, -0.2) is 9.91 Å². The van der Waals surface area contributed by atoms with E-state index in [1.807, 2.05) is 19.1 Å². The Bertz CT molecular complexity index is 584. The van der Waals surface area contributed by atoms with Crippen LogP contribution in [0.3, 0.4) is 0 Å². The van der Waals surface area contributed by atoms with E-state index in [0.29, 0.717) is 5.56 Å². The second kappa shape index (κ2) is 5.48. The Kier molecular flexibility index (Phi) is 3.75. The molecule has 1 unspecified atom stereocenters. The highest BCUT2D eigenvalue weighted by Gasteiger charge is 2.11. The van der Waals surface area contributed by atoms with Crippen molar-refractivity contribution < 1.29 is 4.92 Å². The van der Waals surface area contributed by atoms with Gasteiger partial charge in [-0.15, -0.1) is 0 Å². The molecule has 0 radical (unpaired) electrons. The van der Waals surface area contributed by atoms with Crippen molar-refractivity contribution in [1.82, 2.24) is 4.98 Å². The molecule has 5 nitrogen and oxygen atoms in total. The molecule has 1 aromatic heterocycles. The molecule has 0 aliphatic rings. The summed E-state index contributed by atoms with van der Waals surface area (Å²) in [5, 5.41) is 14.1. The van der Waals surface area contributed by atoms with Crippen molar-refractivity contribution in [3.8, 4) is 0 Å². The van der Waals surface area contributed by atoms with Gasteiger partial charge in [0, 0.05) is 35.8 Å². The number of anilines is 1. The molecule has 98 valence electrons. The summed E-state index contributed by atoms with van der Waals surface area (Å²) in [5.41, 5.74) is 2.78. The smallest absolute Gasteiger partial charge is 0.272 e. The molecule has 1 heterocycles. The second-order valence-corrected chi connectivity index (χ2v) is 4.40. The van der Waals surface area contributed by atoms with Crippen LogP contribution in [0.5, 0.6) is 0 Å². The highest BCUT2D eigenvalue weighted by Crippen LogP contribution is 2.24. The molecule has 2 aromatic rings. The van der Waals surface area contributed by atoms with E-state index in [4.69, 9.17) is 0 Å². The highest BCUT2D eigenvalue weighted by atomic mass is 16.6. The third kappa shape index (κ3) is 3.07. The van der Waals surface area contributed by atoms with Crippen LogP contribution in [0.15, 0.2) is 42.7 Å². The first-order chi connectivity index (χ1) is 9.08. The molecule has 0 fully saturated rings. The van der Waals surface area contributed by atoms with Gasteiger partial charge in [0.25, 0.3) is 5.69 Å². The fourth-order valence-corrected chi connectivity index (χ4v) is 1.94. The van der Waals surface area contributed by atoms with Crippen molar-refractivity contribution in [3.05, 3.63) is 64.0 Å². The zero-order valence-electron chi connectivity index (χ0n) is 10.8. The Morgan fingerprint density at radius 3 is 2.53 bits per heavy atom. The fourth-order valence-electron chi connectivity index (χ4n) is 1.94. The predicted octanol–water partition coefficient (Wildman–Crippen LogP) is 3.47. The minimum absolute atomic E-state index is 0.115. The largest absolute Gasteiger partial charge is 0.379 e. The summed E-state index contributed by atoms with van der Waals surface area (Å²) in [6.07, 6.45) is 3.49. The van der Waals surface area contributed by atoms with Crippen LogP contribution < -0.4 is 5.32 Å². The first kappa shape index (κ1) is 13.0. The molecule has 19 heavy (non-hydrogen) atoms. The van der Waals surface area contributed by atoms with Crippen molar-refractivity contribution in [2.75, 3.05) is 5.32 Å². The Morgan fingerprint density at radius 1 is 1.26 bits per heavy atom. The molecule has 0 amide bonds. The molecule has 2 rings (SSSR count). The predicted molar refractivity (Wildman–Crippen MR) is 74.1 cm³/mol. The maximum Gasteiger partial charge on any atom is 0.272 e. The van der Waals surface area contributed by atoms with Crippen LogP contribution in [0.1, 0.15) is 24.1 Å². The molecule has 1 N–H and O–H groups in total. The van der Waals surface area contributed by atoms with Crippen LogP contribution in [0.4, 0.5) is 11.4 Å².